The van der Waals surface area contributed by atoms with Crippen LogP contribution in [-0.4, -0.2) is 29.5 Å². The van der Waals surface area contributed by atoms with Crippen molar-refractivity contribution in [3.05, 3.63) is 59.9 Å². The molecule has 0 radical (unpaired) electrons. The molecule has 1 aromatic heterocycles. The zero-order valence-corrected chi connectivity index (χ0v) is 13.6. The third-order valence-corrected chi connectivity index (χ3v) is 4.91. The van der Waals surface area contributed by atoms with Crippen LogP contribution in [0.1, 0.15) is 12.0 Å². The molecule has 0 saturated carbocycles. The molecule has 2 aromatic carbocycles. The number of benzene rings is 2. The highest BCUT2D eigenvalue weighted by Crippen LogP contribution is 2.34. The van der Waals surface area contributed by atoms with Crippen molar-refractivity contribution >= 4 is 16.7 Å². The van der Waals surface area contributed by atoms with Gasteiger partial charge in [-0.1, -0.05) is 24.3 Å². The number of nitrogens with one attached hydrogen (secondary N) is 1. The van der Waals surface area contributed by atoms with Crippen LogP contribution in [0.2, 0.25) is 0 Å². The number of aromatic nitrogens is 2. The van der Waals surface area contributed by atoms with Gasteiger partial charge in [0.05, 0.1) is 12.1 Å². The zero-order chi connectivity index (χ0) is 16.6. The van der Waals surface area contributed by atoms with Crippen LogP contribution in [0.5, 0.6) is 0 Å². The maximum Gasteiger partial charge on any atom is 0.155 e. The van der Waals surface area contributed by atoms with Gasteiger partial charge in [-0.15, -0.1) is 0 Å². The van der Waals surface area contributed by atoms with Crippen LogP contribution in [0.15, 0.2) is 48.5 Å². The molecule has 0 aliphatic carbocycles. The van der Waals surface area contributed by atoms with Crippen molar-refractivity contribution in [1.29, 1.82) is 0 Å². The topological polar surface area (TPSA) is 39.1 Å². The van der Waals surface area contributed by atoms with Gasteiger partial charge in [0, 0.05) is 31.0 Å². The van der Waals surface area contributed by atoms with Crippen molar-refractivity contribution in [1.82, 2.24) is 9.78 Å². The van der Waals surface area contributed by atoms with Gasteiger partial charge in [0.1, 0.15) is 5.82 Å². The summed E-state index contributed by atoms with van der Waals surface area (Å²) in [6, 6.07) is 14.9. The van der Waals surface area contributed by atoms with Gasteiger partial charge in [0.15, 0.2) is 5.82 Å². The standard InChI is InChI=1S/C19H20FN3O/c1-23-17-5-3-2-4-16(17)18(22-23)21-12-19(10-11-24-13-19)14-6-8-15(20)9-7-14/h2-9H,10-13H2,1H3,(H,21,22). The van der Waals surface area contributed by atoms with Gasteiger partial charge in [0.2, 0.25) is 0 Å². The van der Waals surface area contributed by atoms with Gasteiger partial charge in [-0.05, 0) is 36.2 Å². The highest BCUT2D eigenvalue weighted by atomic mass is 19.1. The van der Waals surface area contributed by atoms with Gasteiger partial charge in [-0.3, -0.25) is 4.68 Å². The summed E-state index contributed by atoms with van der Waals surface area (Å²) in [6.07, 6.45) is 0.913. The lowest BCUT2D eigenvalue weighted by molar-refractivity contribution is 0.179. The van der Waals surface area contributed by atoms with E-state index in [1.54, 1.807) is 0 Å². The number of ether oxygens (including phenoxy) is 1. The van der Waals surface area contributed by atoms with Gasteiger partial charge in [-0.2, -0.15) is 5.10 Å². The first-order chi connectivity index (χ1) is 11.7. The fourth-order valence-electron chi connectivity index (χ4n) is 3.48. The molecule has 0 bridgehead atoms. The number of rotatable bonds is 4. The summed E-state index contributed by atoms with van der Waals surface area (Å²) in [5.41, 5.74) is 2.06. The second-order valence-electron chi connectivity index (χ2n) is 6.43. The molecule has 124 valence electrons. The number of aryl methyl sites for hydroxylation is 1. The van der Waals surface area contributed by atoms with Crippen LogP contribution in [0.25, 0.3) is 10.9 Å². The third kappa shape index (κ3) is 2.55. The second kappa shape index (κ2) is 5.91. The summed E-state index contributed by atoms with van der Waals surface area (Å²) >= 11 is 0. The fourth-order valence-corrected chi connectivity index (χ4v) is 3.48. The fraction of sp³-hybridized carbons (Fsp3) is 0.316. The Morgan fingerprint density at radius 3 is 2.75 bits per heavy atom. The molecule has 1 N–H and O–H groups in total. The number of nitrogens with zero attached hydrogens (tertiary/aromatic N) is 2. The molecular weight excluding hydrogens is 305 g/mol. The molecular formula is C19H20FN3O. The number of fused-ring (bicyclic) bond motifs is 1. The van der Waals surface area contributed by atoms with Crippen LogP contribution < -0.4 is 5.32 Å². The minimum atomic E-state index is -0.212. The Labute approximate surface area is 140 Å². The molecule has 3 aromatic rings. The Kier molecular flexibility index (Phi) is 3.73. The van der Waals surface area contributed by atoms with Crippen molar-refractivity contribution in [3.8, 4) is 0 Å². The summed E-state index contributed by atoms with van der Waals surface area (Å²) in [7, 11) is 1.95. The SMILES string of the molecule is Cn1nc(NCC2(c3ccc(F)cc3)CCOC2)c2ccccc21. The molecule has 1 atom stereocenters. The highest BCUT2D eigenvalue weighted by Gasteiger charge is 2.37. The van der Waals surface area contributed by atoms with Gasteiger partial charge in [-0.25, -0.2) is 4.39 Å². The molecule has 0 spiro atoms. The molecule has 1 unspecified atom stereocenters. The second-order valence-corrected chi connectivity index (χ2v) is 6.43. The number of anilines is 1. The Hall–Kier alpha value is -2.40. The molecule has 1 saturated heterocycles. The number of para-hydroxylation sites is 1. The monoisotopic (exact) mass is 325 g/mol. The van der Waals surface area contributed by atoms with Crippen LogP contribution in [-0.2, 0) is 17.2 Å². The minimum Gasteiger partial charge on any atom is -0.380 e. The first-order valence-corrected chi connectivity index (χ1v) is 8.17. The van der Waals surface area contributed by atoms with Crippen molar-refractivity contribution < 1.29 is 9.13 Å². The van der Waals surface area contributed by atoms with E-state index >= 15 is 0 Å². The number of hydrogen-bond donors (Lipinski definition) is 1. The highest BCUT2D eigenvalue weighted by molar-refractivity contribution is 5.90. The molecule has 1 aliphatic rings. The van der Waals surface area contributed by atoms with E-state index in [2.05, 4.69) is 22.5 Å². The molecule has 1 aliphatic heterocycles. The lowest BCUT2D eigenvalue weighted by atomic mass is 9.79. The van der Waals surface area contributed by atoms with E-state index in [-0.39, 0.29) is 11.2 Å². The minimum absolute atomic E-state index is 0.147. The van der Waals surface area contributed by atoms with Crippen molar-refractivity contribution in [3.63, 3.8) is 0 Å². The summed E-state index contributed by atoms with van der Waals surface area (Å²) in [5, 5.41) is 9.20. The molecule has 2 heterocycles. The lowest BCUT2D eigenvalue weighted by Gasteiger charge is -2.28. The van der Waals surface area contributed by atoms with E-state index in [0.29, 0.717) is 13.2 Å². The number of halogens is 1. The van der Waals surface area contributed by atoms with Crippen LogP contribution in [0.3, 0.4) is 0 Å². The predicted octanol–water partition coefficient (Wildman–Crippen LogP) is 3.48. The van der Waals surface area contributed by atoms with Crippen molar-refractivity contribution in [2.45, 2.75) is 11.8 Å². The summed E-state index contributed by atoms with van der Waals surface area (Å²) in [6.45, 7) is 2.07. The maximum atomic E-state index is 13.3. The summed E-state index contributed by atoms with van der Waals surface area (Å²) in [4.78, 5) is 0. The first kappa shape index (κ1) is 15.1. The summed E-state index contributed by atoms with van der Waals surface area (Å²) < 4.78 is 20.8. The molecule has 4 nitrogen and oxygen atoms in total. The normalized spacial score (nSPS) is 20.6. The Balaban J connectivity index is 1.63. The smallest absolute Gasteiger partial charge is 0.155 e. The van der Waals surface area contributed by atoms with Crippen LogP contribution in [0.4, 0.5) is 10.2 Å². The maximum absolute atomic E-state index is 13.3. The molecule has 1 fully saturated rings. The molecule has 24 heavy (non-hydrogen) atoms. The largest absolute Gasteiger partial charge is 0.380 e. The third-order valence-electron chi connectivity index (χ3n) is 4.91. The quantitative estimate of drug-likeness (QED) is 0.798. The Bertz CT molecular complexity index is 851. The van der Waals surface area contributed by atoms with Crippen LogP contribution >= 0.6 is 0 Å². The Morgan fingerprint density at radius 1 is 1.21 bits per heavy atom. The average Bonchev–Trinajstić information content (AvgIpc) is 3.20. The van der Waals surface area contributed by atoms with Crippen LogP contribution in [0, 0.1) is 5.82 Å². The van der Waals surface area contributed by atoms with E-state index in [1.165, 1.54) is 12.1 Å². The molecule has 0 amide bonds. The van der Waals surface area contributed by atoms with Crippen molar-refractivity contribution in [2.24, 2.45) is 7.05 Å². The molecule has 4 rings (SSSR count). The van der Waals surface area contributed by atoms with E-state index in [1.807, 2.05) is 36.0 Å². The van der Waals surface area contributed by atoms with Gasteiger partial charge >= 0.3 is 0 Å². The Morgan fingerprint density at radius 2 is 2.00 bits per heavy atom. The van der Waals surface area contributed by atoms with E-state index < -0.39 is 0 Å². The first-order valence-electron chi connectivity index (χ1n) is 8.17. The van der Waals surface area contributed by atoms with Crippen molar-refractivity contribution in [2.75, 3.05) is 25.1 Å². The lowest BCUT2D eigenvalue weighted by Crippen LogP contribution is -2.35. The zero-order valence-electron chi connectivity index (χ0n) is 13.6. The van der Waals surface area contributed by atoms with E-state index in [9.17, 15) is 4.39 Å². The van der Waals surface area contributed by atoms with Gasteiger partial charge in [0.25, 0.3) is 0 Å². The predicted molar refractivity (Wildman–Crippen MR) is 92.7 cm³/mol. The van der Waals surface area contributed by atoms with Gasteiger partial charge < -0.3 is 10.1 Å². The number of hydrogen-bond acceptors (Lipinski definition) is 3. The summed E-state index contributed by atoms with van der Waals surface area (Å²) in [5.74, 6) is 0.665. The van der Waals surface area contributed by atoms with E-state index in [0.717, 1.165) is 35.3 Å². The molecule has 5 heteroatoms. The van der Waals surface area contributed by atoms with E-state index in [4.69, 9.17) is 4.74 Å². The average molecular weight is 325 g/mol.